The van der Waals surface area contributed by atoms with E-state index in [4.69, 9.17) is 18.8 Å². The van der Waals surface area contributed by atoms with Crippen molar-refractivity contribution >= 4 is 76.3 Å². The molecule has 3 heterocycles. The Kier molecular flexibility index (Phi) is 5.63. The number of nitrogens with zero attached hydrogens (tertiary/aromatic N) is 2. The van der Waals surface area contributed by atoms with Gasteiger partial charge < -0.3 is 8.83 Å². The number of para-hydroxylation sites is 1. The van der Waals surface area contributed by atoms with Gasteiger partial charge in [-0.2, -0.15) is 0 Å². The Labute approximate surface area is 285 Å². The van der Waals surface area contributed by atoms with Gasteiger partial charge in [0.05, 0.1) is 11.2 Å². The molecule has 0 fully saturated rings. The SMILES string of the molecule is c1ccc(-c2ccc3oc4c5ccccc5cc(-c5nc(-c6ccc7oc8cc9ccccc9cc8c7c6)c6ccccc6n5)c4c3c2)cc1. The molecule has 0 aliphatic carbocycles. The Morgan fingerprint density at radius 1 is 0.380 bits per heavy atom. The first-order chi connectivity index (χ1) is 24.7. The van der Waals surface area contributed by atoms with Crippen molar-refractivity contribution in [1.29, 1.82) is 0 Å². The van der Waals surface area contributed by atoms with Crippen LogP contribution in [0.2, 0.25) is 0 Å². The van der Waals surface area contributed by atoms with Crippen molar-refractivity contribution in [3.63, 3.8) is 0 Å². The second kappa shape index (κ2) is 10.4. The predicted octanol–water partition coefficient (Wildman–Crippen LogP) is 12.7. The number of hydrogen-bond acceptors (Lipinski definition) is 4. The van der Waals surface area contributed by atoms with Crippen LogP contribution in [0.3, 0.4) is 0 Å². The maximum atomic E-state index is 6.67. The number of aromatic nitrogens is 2. The molecular weight excluding hydrogens is 613 g/mol. The van der Waals surface area contributed by atoms with Gasteiger partial charge >= 0.3 is 0 Å². The molecule has 4 nitrogen and oxygen atoms in total. The van der Waals surface area contributed by atoms with Crippen LogP contribution in [0.15, 0.2) is 167 Å². The van der Waals surface area contributed by atoms with Crippen molar-refractivity contribution in [1.82, 2.24) is 9.97 Å². The summed E-state index contributed by atoms with van der Waals surface area (Å²) in [6.07, 6.45) is 0. The van der Waals surface area contributed by atoms with Gasteiger partial charge in [0.25, 0.3) is 0 Å². The zero-order valence-electron chi connectivity index (χ0n) is 26.7. The molecule has 0 atom stereocenters. The summed E-state index contributed by atoms with van der Waals surface area (Å²) in [5.41, 5.74) is 9.41. The third-order valence-electron chi connectivity index (χ3n) is 10.0. The lowest BCUT2D eigenvalue weighted by molar-refractivity contribution is 0.669. The first-order valence-electron chi connectivity index (χ1n) is 16.8. The third-order valence-corrected chi connectivity index (χ3v) is 10.0. The molecular formula is C46H26N2O2. The molecule has 0 N–H and O–H groups in total. The lowest BCUT2D eigenvalue weighted by Gasteiger charge is -2.11. The number of furan rings is 2. The van der Waals surface area contributed by atoms with Crippen LogP contribution in [-0.4, -0.2) is 9.97 Å². The maximum Gasteiger partial charge on any atom is 0.161 e. The Morgan fingerprint density at radius 2 is 1.04 bits per heavy atom. The minimum atomic E-state index is 0.658. The monoisotopic (exact) mass is 638 g/mol. The zero-order chi connectivity index (χ0) is 32.8. The molecule has 0 radical (unpaired) electrons. The lowest BCUT2D eigenvalue weighted by atomic mass is 9.97. The number of rotatable bonds is 3. The van der Waals surface area contributed by atoms with Crippen molar-refractivity contribution in [3.8, 4) is 33.8 Å². The largest absolute Gasteiger partial charge is 0.456 e. The van der Waals surface area contributed by atoms with E-state index in [0.717, 1.165) is 98.9 Å². The summed E-state index contributed by atoms with van der Waals surface area (Å²) in [4.78, 5) is 10.6. The Hall–Kier alpha value is -6.78. The van der Waals surface area contributed by atoms with Crippen molar-refractivity contribution < 1.29 is 8.83 Å². The highest BCUT2D eigenvalue weighted by molar-refractivity contribution is 6.21. The van der Waals surface area contributed by atoms with E-state index in [9.17, 15) is 0 Å². The minimum Gasteiger partial charge on any atom is -0.456 e. The molecule has 0 spiro atoms. The van der Waals surface area contributed by atoms with E-state index in [1.165, 1.54) is 5.39 Å². The number of fused-ring (bicyclic) bond motifs is 10. The molecule has 232 valence electrons. The normalized spacial score (nSPS) is 12.0. The molecule has 3 aromatic heterocycles. The van der Waals surface area contributed by atoms with Crippen LogP contribution in [-0.2, 0) is 0 Å². The van der Waals surface area contributed by atoms with Crippen molar-refractivity contribution in [2.75, 3.05) is 0 Å². The third kappa shape index (κ3) is 4.06. The maximum absolute atomic E-state index is 6.67. The van der Waals surface area contributed by atoms with Gasteiger partial charge in [0.1, 0.15) is 22.3 Å². The van der Waals surface area contributed by atoms with Gasteiger partial charge in [0.15, 0.2) is 5.82 Å². The summed E-state index contributed by atoms with van der Waals surface area (Å²) in [6, 6.07) is 54.9. The smallest absolute Gasteiger partial charge is 0.161 e. The van der Waals surface area contributed by atoms with Crippen LogP contribution in [0.5, 0.6) is 0 Å². The fraction of sp³-hybridized carbons (Fsp3) is 0. The molecule has 0 bridgehead atoms. The van der Waals surface area contributed by atoms with E-state index in [1.54, 1.807) is 0 Å². The first-order valence-corrected chi connectivity index (χ1v) is 16.8. The molecule has 50 heavy (non-hydrogen) atoms. The number of hydrogen-bond donors (Lipinski definition) is 0. The summed E-state index contributed by atoms with van der Waals surface area (Å²) < 4.78 is 13.0. The summed E-state index contributed by atoms with van der Waals surface area (Å²) >= 11 is 0. The minimum absolute atomic E-state index is 0.658. The molecule has 8 aromatic carbocycles. The van der Waals surface area contributed by atoms with Crippen LogP contribution in [0, 0.1) is 0 Å². The van der Waals surface area contributed by atoms with E-state index < -0.39 is 0 Å². The molecule has 11 aromatic rings. The van der Waals surface area contributed by atoms with Crippen LogP contribution in [0.1, 0.15) is 0 Å². The van der Waals surface area contributed by atoms with Crippen molar-refractivity contribution in [2.24, 2.45) is 0 Å². The van der Waals surface area contributed by atoms with Crippen LogP contribution >= 0.6 is 0 Å². The first kappa shape index (κ1) is 27.2. The molecule has 0 amide bonds. The highest BCUT2D eigenvalue weighted by atomic mass is 16.3. The number of benzene rings is 8. The van der Waals surface area contributed by atoms with E-state index >= 15 is 0 Å². The van der Waals surface area contributed by atoms with E-state index in [0.29, 0.717) is 5.82 Å². The Balaban J connectivity index is 1.19. The van der Waals surface area contributed by atoms with Gasteiger partial charge in [-0.15, -0.1) is 0 Å². The van der Waals surface area contributed by atoms with Gasteiger partial charge in [-0.1, -0.05) is 103 Å². The average Bonchev–Trinajstić information content (AvgIpc) is 3.74. The van der Waals surface area contributed by atoms with Gasteiger partial charge in [0.2, 0.25) is 0 Å². The standard InChI is InChI=1S/C46H26N2O2/c1-2-10-27(11-3-1)30-18-20-41-37(23-30)43-38(24-31-14-6-7-15-33(31)45(43)50-41)46-47-39-17-9-8-16-34(39)44(48-46)32-19-21-40-35(25-32)36-22-28-12-4-5-13-29(28)26-42(36)49-40/h1-26H. The van der Waals surface area contributed by atoms with Gasteiger partial charge in [-0.3, -0.25) is 0 Å². The average molecular weight is 639 g/mol. The van der Waals surface area contributed by atoms with Gasteiger partial charge in [-0.25, -0.2) is 9.97 Å². The van der Waals surface area contributed by atoms with Gasteiger partial charge in [-0.05, 0) is 81.9 Å². The van der Waals surface area contributed by atoms with Crippen LogP contribution < -0.4 is 0 Å². The summed E-state index contributed by atoms with van der Waals surface area (Å²) in [7, 11) is 0. The molecule has 0 aliphatic rings. The lowest BCUT2D eigenvalue weighted by Crippen LogP contribution is -1.96. The Morgan fingerprint density at radius 3 is 1.90 bits per heavy atom. The predicted molar refractivity (Wildman–Crippen MR) is 205 cm³/mol. The summed E-state index contributed by atoms with van der Waals surface area (Å²) in [5.74, 6) is 0.658. The van der Waals surface area contributed by atoms with E-state index in [2.05, 4.69) is 146 Å². The molecule has 0 saturated heterocycles. The van der Waals surface area contributed by atoms with Crippen molar-refractivity contribution in [2.45, 2.75) is 0 Å². The fourth-order valence-corrected chi connectivity index (χ4v) is 7.63. The molecule has 0 saturated carbocycles. The van der Waals surface area contributed by atoms with Crippen LogP contribution in [0.25, 0.3) is 110 Å². The summed E-state index contributed by atoms with van der Waals surface area (Å²) in [5, 5.41) is 9.70. The molecule has 0 aliphatic heterocycles. The van der Waals surface area contributed by atoms with Gasteiger partial charge in [0, 0.05) is 43.4 Å². The fourth-order valence-electron chi connectivity index (χ4n) is 7.63. The second-order valence-electron chi connectivity index (χ2n) is 12.9. The molecule has 0 unspecified atom stereocenters. The van der Waals surface area contributed by atoms with E-state index in [1.807, 2.05) is 12.1 Å². The van der Waals surface area contributed by atoms with Crippen molar-refractivity contribution in [3.05, 3.63) is 158 Å². The Bertz CT molecular complexity index is 3150. The molecule has 11 rings (SSSR count). The molecule has 4 heteroatoms. The highest BCUT2D eigenvalue weighted by Gasteiger charge is 2.21. The topological polar surface area (TPSA) is 52.1 Å². The quantitative estimate of drug-likeness (QED) is 0.193. The summed E-state index contributed by atoms with van der Waals surface area (Å²) in [6.45, 7) is 0. The second-order valence-corrected chi connectivity index (χ2v) is 12.9. The van der Waals surface area contributed by atoms with E-state index in [-0.39, 0.29) is 0 Å². The zero-order valence-corrected chi connectivity index (χ0v) is 26.7. The van der Waals surface area contributed by atoms with Crippen LogP contribution in [0.4, 0.5) is 0 Å². The highest BCUT2D eigenvalue weighted by Crippen LogP contribution is 2.43.